The van der Waals surface area contributed by atoms with E-state index >= 15 is 0 Å². The van der Waals surface area contributed by atoms with Gasteiger partial charge in [-0.25, -0.2) is 4.52 Å². The van der Waals surface area contributed by atoms with Crippen molar-refractivity contribution >= 4 is 17.1 Å². The Kier molecular flexibility index (Phi) is 2.91. The molecule has 0 radical (unpaired) electrons. The van der Waals surface area contributed by atoms with Gasteiger partial charge in [-0.1, -0.05) is 11.2 Å². The van der Waals surface area contributed by atoms with Crippen LogP contribution in [0.4, 0.5) is 0 Å². The Morgan fingerprint density at radius 1 is 1.58 bits per heavy atom. The van der Waals surface area contributed by atoms with Crippen LogP contribution in [0.25, 0.3) is 5.52 Å². The fraction of sp³-hybridized carbons (Fsp3) is 0.308. The van der Waals surface area contributed by atoms with Gasteiger partial charge in [0.25, 0.3) is 5.91 Å². The summed E-state index contributed by atoms with van der Waals surface area (Å²) in [5, 5.41) is 10.8. The first-order valence-corrected chi connectivity index (χ1v) is 6.12. The van der Waals surface area contributed by atoms with Crippen LogP contribution in [-0.2, 0) is 16.2 Å². The highest BCUT2D eigenvalue weighted by atomic mass is 16.6. The minimum Gasteiger partial charge on any atom is -0.382 e. The van der Waals surface area contributed by atoms with Crippen molar-refractivity contribution in [3.05, 3.63) is 36.2 Å². The highest BCUT2D eigenvalue weighted by Crippen LogP contribution is 2.12. The van der Waals surface area contributed by atoms with Crippen molar-refractivity contribution in [3.63, 3.8) is 0 Å². The van der Waals surface area contributed by atoms with Crippen LogP contribution in [-0.4, -0.2) is 27.3 Å². The Hall–Kier alpha value is -2.37. The fourth-order valence-electron chi connectivity index (χ4n) is 2.06. The minimum absolute atomic E-state index is 0.143. The van der Waals surface area contributed by atoms with Crippen molar-refractivity contribution in [2.24, 2.45) is 5.16 Å². The van der Waals surface area contributed by atoms with Crippen LogP contribution in [0.5, 0.6) is 0 Å². The third-order valence-electron chi connectivity index (χ3n) is 3.07. The zero-order chi connectivity index (χ0) is 13.2. The summed E-state index contributed by atoms with van der Waals surface area (Å²) in [4.78, 5) is 16.9. The molecule has 1 N–H and O–H groups in total. The number of hydrogen-bond acceptors (Lipinski definition) is 4. The van der Waals surface area contributed by atoms with E-state index in [0.717, 1.165) is 16.8 Å². The average Bonchev–Trinajstić information content (AvgIpc) is 3.02. The zero-order valence-corrected chi connectivity index (χ0v) is 10.5. The van der Waals surface area contributed by atoms with E-state index in [1.54, 1.807) is 10.7 Å². The van der Waals surface area contributed by atoms with Gasteiger partial charge in [0.1, 0.15) is 0 Å². The maximum absolute atomic E-state index is 11.9. The maximum atomic E-state index is 11.9. The monoisotopic (exact) mass is 258 g/mol. The molecule has 3 rings (SSSR count). The number of carbonyl (C=O) groups is 1. The van der Waals surface area contributed by atoms with Crippen LogP contribution in [0.15, 0.2) is 35.7 Å². The molecule has 3 heterocycles. The minimum atomic E-state index is -0.498. The predicted molar refractivity (Wildman–Crippen MR) is 69.6 cm³/mol. The molecule has 6 nitrogen and oxygen atoms in total. The van der Waals surface area contributed by atoms with E-state index in [-0.39, 0.29) is 5.91 Å². The zero-order valence-electron chi connectivity index (χ0n) is 10.5. The average molecular weight is 258 g/mol. The Bertz CT molecular complexity index is 647. The molecule has 2 aromatic rings. The van der Waals surface area contributed by atoms with Crippen LogP contribution in [0.1, 0.15) is 18.9 Å². The molecule has 0 bridgehead atoms. The van der Waals surface area contributed by atoms with E-state index < -0.39 is 6.10 Å². The van der Waals surface area contributed by atoms with Crippen molar-refractivity contribution in [2.45, 2.75) is 26.0 Å². The van der Waals surface area contributed by atoms with Crippen molar-refractivity contribution in [1.82, 2.24) is 14.9 Å². The molecule has 0 aromatic carbocycles. The molecule has 2 aromatic heterocycles. The Morgan fingerprint density at radius 3 is 3.26 bits per heavy atom. The molecular weight excluding hydrogens is 244 g/mol. The molecule has 19 heavy (non-hydrogen) atoms. The van der Waals surface area contributed by atoms with Gasteiger partial charge in [-0.05, 0) is 19.1 Å². The van der Waals surface area contributed by atoms with Crippen molar-refractivity contribution in [2.75, 3.05) is 0 Å². The lowest BCUT2D eigenvalue weighted by Crippen LogP contribution is -2.34. The standard InChI is InChI=1S/C13H14N4O2/c1-9-6-12(19-16-9)13(18)14-7-10-8-15-17-5-3-2-4-11(10)17/h2-5,8,12H,6-7H2,1H3,(H,14,18)/t12-/m0/s1. The predicted octanol–water partition coefficient (Wildman–Crippen LogP) is 1.12. The van der Waals surface area contributed by atoms with Crippen molar-refractivity contribution < 1.29 is 9.63 Å². The molecule has 0 saturated heterocycles. The van der Waals surface area contributed by atoms with E-state index in [9.17, 15) is 4.79 Å². The summed E-state index contributed by atoms with van der Waals surface area (Å²) in [6.45, 7) is 2.28. The van der Waals surface area contributed by atoms with Gasteiger partial charge >= 0.3 is 0 Å². The number of nitrogens with one attached hydrogen (secondary N) is 1. The normalized spacial score (nSPS) is 18.2. The second kappa shape index (κ2) is 4.72. The smallest absolute Gasteiger partial charge is 0.264 e. The van der Waals surface area contributed by atoms with Crippen molar-refractivity contribution in [1.29, 1.82) is 0 Å². The third-order valence-corrected chi connectivity index (χ3v) is 3.07. The summed E-state index contributed by atoms with van der Waals surface area (Å²) >= 11 is 0. The number of aromatic nitrogens is 2. The molecule has 1 atom stereocenters. The first-order valence-electron chi connectivity index (χ1n) is 6.12. The van der Waals surface area contributed by atoms with E-state index in [1.165, 1.54) is 0 Å². The molecule has 0 fully saturated rings. The second-order valence-electron chi connectivity index (χ2n) is 4.54. The highest BCUT2D eigenvalue weighted by Gasteiger charge is 2.25. The van der Waals surface area contributed by atoms with Gasteiger partial charge in [0, 0.05) is 24.7 Å². The van der Waals surface area contributed by atoms with Gasteiger partial charge < -0.3 is 10.2 Å². The third kappa shape index (κ3) is 2.29. The molecule has 0 unspecified atom stereocenters. The second-order valence-corrected chi connectivity index (χ2v) is 4.54. The highest BCUT2D eigenvalue weighted by molar-refractivity contribution is 5.91. The number of nitrogens with zero attached hydrogens (tertiary/aromatic N) is 3. The Morgan fingerprint density at radius 2 is 2.47 bits per heavy atom. The summed E-state index contributed by atoms with van der Waals surface area (Å²) in [7, 11) is 0. The molecular formula is C13H14N4O2. The number of amides is 1. The van der Waals surface area contributed by atoms with Crippen LogP contribution in [0, 0.1) is 0 Å². The Balaban J connectivity index is 1.65. The molecule has 0 saturated carbocycles. The van der Waals surface area contributed by atoms with E-state index in [0.29, 0.717) is 13.0 Å². The first-order chi connectivity index (χ1) is 9.24. The van der Waals surface area contributed by atoms with Gasteiger partial charge in [0.2, 0.25) is 6.10 Å². The SMILES string of the molecule is CC1=NO[C@H](C(=O)NCc2cnn3ccccc23)C1. The number of pyridine rings is 1. The lowest BCUT2D eigenvalue weighted by atomic mass is 10.2. The summed E-state index contributed by atoms with van der Waals surface area (Å²) in [5.74, 6) is -0.143. The molecule has 1 amide bonds. The maximum Gasteiger partial charge on any atom is 0.264 e. The van der Waals surface area contributed by atoms with E-state index in [1.807, 2.05) is 31.3 Å². The first kappa shape index (κ1) is 11.7. The lowest BCUT2D eigenvalue weighted by Gasteiger charge is -2.08. The molecule has 1 aliphatic heterocycles. The molecule has 98 valence electrons. The fourth-order valence-corrected chi connectivity index (χ4v) is 2.06. The summed E-state index contributed by atoms with van der Waals surface area (Å²) in [6.07, 6.45) is 3.69. The van der Waals surface area contributed by atoms with Crippen LogP contribution >= 0.6 is 0 Å². The number of carbonyl (C=O) groups excluding carboxylic acids is 1. The summed E-state index contributed by atoms with van der Waals surface area (Å²) in [5.41, 5.74) is 2.81. The molecule has 0 aliphatic carbocycles. The molecule has 6 heteroatoms. The van der Waals surface area contributed by atoms with E-state index in [4.69, 9.17) is 4.84 Å². The van der Waals surface area contributed by atoms with Gasteiger partial charge in [-0.15, -0.1) is 0 Å². The Labute approximate surface area is 110 Å². The van der Waals surface area contributed by atoms with Gasteiger partial charge in [-0.3, -0.25) is 4.79 Å². The van der Waals surface area contributed by atoms with Gasteiger partial charge in [-0.2, -0.15) is 5.10 Å². The van der Waals surface area contributed by atoms with Gasteiger partial charge in [0.05, 0.1) is 17.4 Å². The quantitative estimate of drug-likeness (QED) is 0.896. The topological polar surface area (TPSA) is 68.0 Å². The van der Waals surface area contributed by atoms with Crippen LogP contribution < -0.4 is 5.32 Å². The van der Waals surface area contributed by atoms with Crippen molar-refractivity contribution in [3.8, 4) is 0 Å². The van der Waals surface area contributed by atoms with E-state index in [2.05, 4.69) is 15.6 Å². The van der Waals surface area contributed by atoms with Crippen LogP contribution in [0.3, 0.4) is 0 Å². The largest absolute Gasteiger partial charge is 0.382 e. The summed E-state index contributed by atoms with van der Waals surface area (Å²) < 4.78 is 1.78. The number of fused-ring (bicyclic) bond motifs is 1. The molecule has 1 aliphatic rings. The van der Waals surface area contributed by atoms with Crippen LogP contribution in [0.2, 0.25) is 0 Å². The molecule has 0 spiro atoms. The lowest BCUT2D eigenvalue weighted by molar-refractivity contribution is -0.131. The van der Waals surface area contributed by atoms with Gasteiger partial charge in [0.15, 0.2) is 0 Å². The number of hydrogen-bond donors (Lipinski definition) is 1. The number of rotatable bonds is 3. The summed E-state index contributed by atoms with van der Waals surface area (Å²) in [6, 6.07) is 5.82. The number of oxime groups is 1.